The Morgan fingerprint density at radius 3 is 2.36 bits per heavy atom. The highest BCUT2D eigenvalue weighted by molar-refractivity contribution is 7.90. The van der Waals surface area contributed by atoms with Crippen molar-refractivity contribution in [1.82, 2.24) is 0 Å². The zero-order chi connectivity index (χ0) is 16.3. The highest BCUT2D eigenvalue weighted by atomic mass is 32.2. The lowest BCUT2D eigenvalue weighted by Crippen LogP contribution is -2.18. The normalized spacial score (nSPS) is 13.1. The molecule has 1 atom stereocenters. The van der Waals surface area contributed by atoms with Crippen LogP contribution in [0.4, 0.5) is 13.2 Å². The summed E-state index contributed by atoms with van der Waals surface area (Å²) in [6.07, 6.45) is -1.73. The SMILES string of the molecule is O=S(=O)(Cc1ccccc1F)CC(O)c1cc(F)ccc1F. The molecule has 2 aromatic carbocycles. The number of aliphatic hydroxyl groups is 1. The summed E-state index contributed by atoms with van der Waals surface area (Å²) >= 11 is 0. The van der Waals surface area contributed by atoms with Crippen LogP contribution in [0.2, 0.25) is 0 Å². The molecule has 0 saturated carbocycles. The molecular weight excluding hydrogens is 317 g/mol. The Balaban J connectivity index is 2.18. The maximum Gasteiger partial charge on any atom is 0.157 e. The Labute approximate surface area is 125 Å². The van der Waals surface area contributed by atoms with E-state index in [1.54, 1.807) is 0 Å². The van der Waals surface area contributed by atoms with Gasteiger partial charge in [-0.05, 0) is 24.3 Å². The topological polar surface area (TPSA) is 54.4 Å². The highest BCUT2D eigenvalue weighted by Gasteiger charge is 2.23. The predicted octanol–water partition coefficient (Wildman–Crippen LogP) is 2.75. The zero-order valence-electron chi connectivity index (χ0n) is 11.3. The van der Waals surface area contributed by atoms with E-state index in [1.165, 1.54) is 18.2 Å². The molecule has 0 heterocycles. The summed E-state index contributed by atoms with van der Waals surface area (Å²) in [7, 11) is -3.91. The molecule has 1 unspecified atom stereocenters. The molecule has 0 fully saturated rings. The van der Waals surface area contributed by atoms with Gasteiger partial charge in [0.15, 0.2) is 9.84 Å². The lowest BCUT2D eigenvalue weighted by molar-refractivity contribution is 0.196. The molecule has 3 nitrogen and oxygen atoms in total. The summed E-state index contributed by atoms with van der Waals surface area (Å²) in [6, 6.07) is 7.73. The van der Waals surface area contributed by atoms with Gasteiger partial charge in [0.2, 0.25) is 0 Å². The van der Waals surface area contributed by atoms with E-state index in [1.807, 2.05) is 0 Å². The smallest absolute Gasteiger partial charge is 0.157 e. The number of hydrogen-bond acceptors (Lipinski definition) is 3. The van der Waals surface area contributed by atoms with Gasteiger partial charge >= 0.3 is 0 Å². The molecule has 118 valence electrons. The van der Waals surface area contributed by atoms with Crippen LogP contribution >= 0.6 is 0 Å². The second-order valence-corrected chi connectivity index (χ2v) is 6.94. The molecule has 7 heteroatoms. The summed E-state index contributed by atoms with van der Waals surface area (Å²) in [4.78, 5) is 0. The van der Waals surface area contributed by atoms with Gasteiger partial charge in [0, 0.05) is 11.1 Å². The molecule has 0 aliphatic carbocycles. The van der Waals surface area contributed by atoms with E-state index < -0.39 is 50.5 Å². The maximum atomic E-state index is 13.5. The molecule has 0 aliphatic heterocycles. The minimum atomic E-state index is -3.91. The average molecular weight is 330 g/mol. The van der Waals surface area contributed by atoms with Gasteiger partial charge in [-0.25, -0.2) is 21.6 Å². The first kappa shape index (κ1) is 16.5. The van der Waals surface area contributed by atoms with Crippen LogP contribution in [-0.4, -0.2) is 19.3 Å². The van der Waals surface area contributed by atoms with Crippen LogP contribution < -0.4 is 0 Å². The minimum absolute atomic E-state index is 0.0468. The van der Waals surface area contributed by atoms with E-state index >= 15 is 0 Å². The van der Waals surface area contributed by atoms with Crippen molar-refractivity contribution in [3.05, 3.63) is 71.0 Å². The molecule has 0 amide bonds. The van der Waals surface area contributed by atoms with E-state index in [9.17, 15) is 26.7 Å². The first-order valence-corrected chi connectivity index (χ1v) is 8.17. The molecular formula is C15H13F3O3S. The molecule has 0 radical (unpaired) electrons. The summed E-state index contributed by atoms with van der Waals surface area (Å²) in [5.74, 6) is -3.84. The third-order valence-corrected chi connectivity index (χ3v) is 4.64. The zero-order valence-corrected chi connectivity index (χ0v) is 12.2. The lowest BCUT2D eigenvalue weighted by Gasteiger charge is -2.13. The summed E-state index contributed by atoms with van der Waals surface area (Å²) in [5.41, 5.74) is -0.494. The van der Waals surface area contributed by atoms with Gasteiger partial charge in [-0.2, -0.15) is 0 Å². The highest BCUT2D eigenvalue weighted by Crippen LogP contribution is 2.22. The van der Waals surface area contributed by atoms with Crippen LogP contribution in [0.3, 0.4) is 0 Å². The van der Waals surface area contributed by atoms with Crippen LogP contribution in [0.5, 0.6) is 0 Å². The van der Waals surface area contributed by atoms with Crippen LogP contribution in [0.1, 0.15) is 17.2 Å². The Bertz CT molecular complexity index is 775. The van der Waals surface area contributed by atoms with Crippen molar-refractivity contribution >= 4 is 9.84 Å². The van der Waals surface area contributed by atoms with Gasteiger partial charge in [-0.1, -0.05) is 18.2 Å². The number of sulfone groups is 1. The van der Waals surface area contributed by atoms with Gasteiger partial charge in [0.25, 0.3) is 0 Å². The number of benzene rings is 2. The summed E-state index contributed by atoms with van der Waals surface area (Å²) in [5, 5.41) is 9.83. The van der Waals surface area contributed by atoms with Crippen molar-refractivity contribution in [1.29, 1.82) is 0 Å². The monoisotopic (exact) mass is 330 g/mol. The fourth-order valence-corrected chi connectivity index (χ4v) is 3.50. The predicted molar refractivity (Wildman–Crippen MR) is 75.2 cm³/mol. The third-order valence-electron chi connectivity index (χ3n) is 3.06. The number of rotatable bonds is 5. The molecule has 0 bridgehead atoms. The van der Waals surface area contributed by atoms with Crippen molar-refractivity contribution in [2.24, 2.45) is 0 Å². The molecule has 2 aromatic rings. The molecule has 2 rings (SSSR count). The molecule has 0 aliphatic rings. The third kappa shape index (κ3) is 4.08. The van der Waals surface area contributed by atoms with Crippen LogP contribution in [0.15, 0.2) is 42.5 Å². The fraction of sp³-hybridized carbons (Fsp3) is 0.200. The van der Waals surface area contributed by atoms with Gasteiger partial charge in [-0.15, -0.1) is 0 Å². The molecule has 1 N–H and O–H groups in total. The standard InChI is InChI=1S/C15H13F3O3S/c16-11-5-6-14(18)12(7-11)15(19)9-22(20,21)8-10-3-1-2-4-13(10)17/h1-7,15,19H,8-9H2. The van der Waals surface area contributed by atoms with Crippen molar-refractivity contribution < 1.29 is 26.7 Å². The maximum absolute atomic E-state index is 13.5. The summed E-state index contributed by atoms with van der Waals surface area (Å²) < 4.78 is 64.0. The van der Waals surface area contributed by atoms with Gasteiger partial charge in [0.1, 0.15) is 17.5 Å². The minimum Gasteiger partial charge on any atom is -0.387 e. The second-order valence-electron chi connectivity index (χ2n) is 4.83. The van der Waals surface area contributed by atoms with Crippen molar-refractivity contribution in [3.63, 3.8) is 0 Å². The molecule has 0 spiro atoms. The Morgan fingerprint density at radius 2 is 1.68 bits per heavy atom. The van der Waals surface area contributed by atoms with Crippen LogP contribution in [0.25, 0.3) is 0 Å². The largest absolute Gasteiger partial charge is 0.387 e. The van der Waals surface area contributed by atoms with Gasteiger partial charge < -0.3 is 5.11 Å². The number of aliphatic hydroxyl groups excluding tert-OH is 1. The first-order chi connectivity index (χ1) is 10.3. The molecule has 0 aromatic heterocycles. The number of hydrogen-bond donors (Lipinski definition) is 1. The van der Waals surface area contributed by atoms with E-state index in [4.69, 9.17) is 0 Å². The second kappa shape index (κ2) is 6.50. The number of halogens is 3. The van der Waals surface area contributed by atoms with E-state index in [-0.39, 0.29) is 5.56 Å². The molecule has 22 heavy (non-hydrogen) atoms. The quantitative estimate of drug-likeness (QED) is 0.917. The summed E-state index contributed by atoms with van der Waals surface area (Å²) in [6.45, 7) is 0. The van der Waals surface area contributed by atoms with Gasteiger partial charge in [-0.3, -0.25) is 0 Å². The van der Waals surface area contributed by atoms with E-state index in [0.29, 0.717) is 0 Å². The first-order valence-electron chi connectivity index (χ1n) is 6.35. The van der Waals surface area contributed by atoms with Crippen molar-refractivity contribution in [2.75, 3.05) is 5.75 Å². The van der Waals surface area contributed by atoms with Crippen molar-refractivity contribution in [3.8, 4) is 0 Å². The van der Waals surface area contributed by atoms with Crippen LogP contribution in [-0.2, 0) is 15.6 Å². The Hall–Kier alpha value is -1.86. The van der Waals surface area contributed by atoms with E-state index in [2.05, 4.69) is 0 Å². The Morgan fingerprint density at radius 1 is 1.00 bits per heavy atom. The van der Waals surface area contributed by atoms with Crippen molar-refractivity contribution in [2.45, 2.75) is 11.9 Å². The lowest BCUT2D eigenvalue weighted by atomic mass is 10.1. The fourth-order valence-electron chi connectivity index (χ4n) is 2.01. The average Bonchev–Trinajstić information content (AvgIpc) is 2.43. The van der Waals surface area contributed by atoms with Crippen LogP contribution in [0, 0.1) is 17.5 Å². The van der Waals surface area contributed by atoms with E-state index in [0.717, 1.165) is 24.3 Å². The van der Waals surface area contributed by atoms with Gasteiger partial charge in [0.05, 0.1) is 17.6 Å². The Kier molecular flexibility index (Phi) is 4.87. The molecule has 0 saturated heterocycles.